The van der Waals surface area contributed by atoms with Crippen molar-refractivity contribution in [3.05, 3.63) is 0 Å². The van der Waals surface area contributed by atoms with E-state index in [9.17, 15) is 4.39 Å². The number of rotatable bonds is 1. The minimum Gasteiger partial charge on any atom is -0.394 e. The molecule has 0 aromatic heterocycles. The average Bonchev–Trinajstić information content (AvgIpc) is 2.08. The average molecular weight is 180 g/mol. The lowest BCUT2D eigenvalue weighted by atomic mass is 9.97. The topological polar surface area (TPSA) is 69.9 Å². The van der Waals surface area contributed by atoms with Crippen molar-refractivity contribution in [1.82, 2.24) is 0 Å². The van der Waals surface area contributed by atoms with Crippen molar-refractivity contribution in [2.75, 3.05) is 6.61 Å². The smallest absolute Gasteiger partial charge is 0.154 e. The second-order valence-corrected chi connectivity index (χ2v) is 2.99. The van der Waals surface area contributed by atoms with E-state index in [2.05, 4.69) is 0 Å². The number of aliphatic hydroxyl groups is 3. The molecule has 0 amide bonds. The maximum Gasteiger partial charge on any atom is 0.154 e. The minimum atomic E-state index is -1.59. The Morgan fingerprint density at radius 3 is 2.42 bits per heavy atom. The third-order valence-electron chi connectivity index (χ3n) is 2.07. The van der Waals surface area contributed by atoms with Gasteiger partial charge in [0.2, 0.25) is 0 Å². The van der Waals surface area contributed by atoms with Gasteiger partial charge in [0.05, 0.1) is 12.7 Å². The van der Waals surface area contributed by atoms with Crippen LogP contribution in [0.4, 0.5) is 4.39 Å². The molecule has 4 nitrogen and oxygen atoms in total. The molecule has 3 N–H and O–H groups in total. The van der Waals surface area contributed by atoms with Crippen LogP contribution in [0.1, 0.15) is 6.92 Å². The molecule has 5 heteroatoms. The van der Waals surface area contributed by atoms with E-state index in [1.165, 1.54) is 6.92 Å². The summed E-state index contributed by atoms with van der Waals surface area (Å²) in [5.74, 6) is 0. The van der Waals surface area contributed by atoms with Crippen molar-refractivity contribution in [2.24, 2.45) is 0 Å². The third-order valence-corrected chi connectivity index (χ3v) is 2.07. The van der Waals surface area contributed by atoms with Crippen LogP contribution in [-0.2, 0) is 4.74 Å². The Balaban J connectivity index is 2.63. The van der Waals surface area contributed by atoms with Gasteiger partial charge in [-0.25, -0.2) is 4.39 Å². The predicted molar refractivity (Wildman–Crippen MR) is 38.3 cm³/mol. The lowest BCUT2D eigenvalue weighted by molar-refractivity contribution is -0.207. The third kappa shape index (κ3) is 1.59. The molecule has 72 valence electrons. The fourth-order valence-corrected chi connectivity index (χ4v) is 1.27. The standard InChI is InChI=1S/C7H13FO4/c1-3-5(8)7(11)6(10)4(2-9)12-3/h3-7,9-11H,2H2,1H3. The fourth-order valence-electron chi connectivity index (χ4n) is 1.27. The molecule has 1 rings (SSSR count). The number of hydrogen-bond donors (Lipinski definition) is 3. The summed E-state index contributed by atoms with van der Waals surface area (Å²) in [5.41, 5.74) is 0. The molecule has 1 saturated heterocycles. The summed E-state index contributed by atoms with van der Waals surface area (Å²) in [5, 5.41) is 26.9. The highest BCUT2D eigenvalue weighted by Gasteiger charge is 2.42. The maximum atomic E-state index is 12.9. The molecule has 0 bridgehead atoms. The van der Waals surface area contributed by atoms with Crippen molar-refractivity contribution >= 4 is 0 Å². The van der Waals surface area contributed by atoms with Crippen LogP contribution >= 0.6 is 0 Å². The van der Waals surface area contributed by atoms with Gasteiger partial charge < -0.3 is 20.1 Å². The van der Waals surface area contributed by atoms with Gasteiger partial charge in [-0.05, 0) is 6.92 Å². The molecule has 1 aliphatic heterocycles. The molecule has 0 aromatic carbocycles. The van der Waals surface area contributed by atoms with Crippen molar-refractivity contribution in [3.63, 3.8) is 0 Å². The van der Waals surface area contributed by atoms with Crippen LogP contribution in [0.2, 0.25) is 0 Å². The summed E-state index contributed by atoms with van der Waals surface area (Å²) in [6.07, 6.45) is -6.09. The highest BCUT2D eigenvalue weighted by Crippen LogP contribution is 2.22. The quantitative estimate of drug-likeness (QED) is 0.475. The monoisotopic (exact) mass is 180 g/mol. The molecule has 1 aliphatic rings. The van der Waals surface area contributed by atoms with Gasteiger partial charge in [-0.15, -0.1) is 0 Å². The van der Waals surface area contributed by atoms with Gasteiger partial charge in [0.15, 0.2) is 6.17 Å². The molecule has 0 aliphatic carbocycles. The van der Waals surface area contributed by atoms with Crippen LogP contribution < -0.4 is 0 Å². The molecule has 0 aromatic rings. The van der Waals surface area contributed by atoms with E-state index < -0.39 is 37.2 Å². The Hall–Kier alpha value is -0.230. The van der Waals surface area contributed by atoms with Gasteiger partial charge in [-0.1, -0.05) is 0 Å². The Morgan fingerprint density at radius 1 is 1.33 bits per heavy atom. The van der Waals surface area contributed by atoms with Crippen LogP contribution in [0.5, 0.6) is 0 Å². The van der Waals surface area contributed by atoms with Crippen molar-refractivity contribution < 1.29 is 24.4 Å². The second kappa shape index (κ2) is 3.66. The normalized spacial score (nSPS) is 49.2. The van der Waals surface area contributed by atoms with E-state index in [1.54, 1.807) is 0 Å². The van der Waals surface area contributed by atoms with Gasteiger partial charge in [0.1, 0.15) is 18.3 Å². The summed E-state index contributed by atoms with van der Waals surface area (Å²) in [7, 11) is 0. The summed E-state index contributed by atoms with van der Waals surface area (Å²) < 4.78 is 17.8. The van der Waals surface area contributed by atoms with Crippen LogP contribution in [0.3, 0.4) is 0 Å². The molecule has 5 unspecified atom stereocenters. The first kappa shape index (κ1) is 9.85. The minimum absolute atomic E-state index is 0.421. The van der Waals surface area contributed by atoms with Gasteiger partial charge in [0.25, 0.3) is 0 Å². The van der Waals surface area contributed by atoms with Gasteiger partial charge in [-0.3, -0.25) is 0 Å². The zero-order valence-electron chi connectivity index (χ0n) is 6.72. The number of ether oxygens (including phenoxy) is 1. The van der Waals surface area contributed by atoms with Crippen molar-refractivity contribution in [1.29, 1.82) is 0 Å². The number of aliphatic hydroxyl groups excluding tert-OH is 3. The van der Waals surface area contributed by atoms with E-state index in [1.807, 2.05) is 0 Å². The van der Waals surface area contributed by atoms with Gasteiger partial charge in [0, 0.05) is 0 Å². The van der Waals surface area contributed by atoms with E-state index in [0.717, 1.165) is 0 Å². The zero-order chi connectivity index (χ0) is 9.30. The molecular weight excluding hydrogens is 167 g/mol. The summed E-state index contributed by atoms with van der Waals surface area (Å²) >= 11 is 0. The van der Waals surface area contributed by atoms with Crippen LogP contribution in [0, 0.1) is 0 Å². The first-order valence-electron chi connectivity index (χ1n) is 3.84. The SMILES string of the molecule is CC1OC(CO)C(O)C(O)C1F. The number of hydrogen-bond acceptors (Lipinski definition) is 4. The highest BCUT2D eigenvalue weighted by molar-refractivity contribution is 4.90. The van der Waals surface area contributed by atoms with E-state index >= 15 is 0 Å². The van der Waals surface area contributed by atoms with Gasteiger partial charge >= 0.3 is 0 Å². The number of halogens is 1. The highest BCUT2D eigenvalue weighted by atomic mass is 19.1. The van der Waals surface area contributed by atoms with Crippen molar-refractivity contribution in [3.8, 4) is 0 Å². The van der Waals surface area contributed by atoms with E-state index in [0.29, 0.717) is 0 Å². The lowest BCUT2D eigenvalue weighted by Crippen LogP contribution is -2.56. The Morgan fingerprint density at radius 2 is 1.92 bits per heavy atom. The largest absolute Gasteiger partial charge is 0.394 e. The van der Waals surface area contributed by atoms with Crippen LogP contribution in [0.15, 0.2) is 0 Å². The van der Waals surface area contributed by atoms with Crippen molar-refractivity contribution in [2.45, 2.75) is 37.5 Å². The first-order valence-corrected chi connectivity index (χ1v) is 3.84. The Kier molecular flexibility index (Phi) is 3.00. The van der Waals surface area contributed by atoms with E-state index in [-0.39, 0.29) is 0 Å². The molecule has 0 radical (unpaired) electrons. The van der Waals surface area contributed by atoms with Gasteiger partial charge in [-0.2, -0.15) is 0 Å². The van der Waals surface area contributed by atoms with Crippen LogP contribution in [0.25, 0.3) is 0 Å². The number of alkyl halides is 1. The first-order chi connectivity index (χ1) is 5.57. The van der Waals surface area contributed by atoms with Crippen LogP contribution in [-0.4, -0.2) is 52.5 Å². The summed E-state index contributed by atoms with van der Waals surface area (Å²) in [4.78, 5) is 0. The molecular formula is C7H13FO4. The molecule has 1 heterocycles. The summed E-state index contributed by atoms with van der Waals surface area (Å²) in [6.45, 7) is 1.03. The molecule has 5 atom stereocenters. The maximum absolute atomic E-state index is 12.9. The predicted octanol–water partition coefficient (Wildman–Crippen LogP) is -1.17. The zero-order valence-corrected chi connectivity index (χ0v) is 6.72. The lowest BCUT2D eigenvalue weighted by Gasteiger charge is -2.37. The molecule has 12 heavy (non-hydrogen) atoms. The summed E-state index contributed by atoms with van der Waals surface area (Å²) in [6, 6.07) is 0. The molecule has 0 spiro atoms. The molecule has 0 saturated carbocycles. The van der Waals surface area contributed by atoms with E-state index in [4.69, 9.17) is 20.1 Å². The Labute approximate surface area is 69.6 Å². The molecule has 1 fully saturated rings. The fraction of sp³-hybridized carbons (Fsp3) is 1.00. The Bertz CT molecular complexity index is 150. The second-order valence-electron chi connectivity index (χ2n) is 2.99.